The summed E-state index contributed by atoms with van der Waals surface area (Å²) in [4.78, 5) is 0. The third-order valence-electron chi connectivity index (χ3n) is 10.6. The molecule has 0 atom stereocenters. The van der Waals surface area contributed by atoms with Crippen LogP contribution >= 0.6 is 0 Å². The molecule has 372 valence electrons. The van der Waals surface area contributed by atoms with Crippen LogP contribution in [-0.2, 0) is 30.3 Å². The zero-order chi connectivity index (χ0) is 45.5. The summed E-state index contributed by atoms with van der Waals surface area (Å²) >= 11 is 0. The minimum atomic E-state index is -4.67. The predicted molar refractivity (Wildman–Crippen MR) is 260 cm³/mol. The molecule has 0 aromatic heterocycles. The van der Waals surface area contributed by atoms with Gasteiger partial charge in [-0.3, -0.25) is 18.2 Å². The summed E-state index contributed by atoms with van der Waals surface area (Å²) in [7, 11) is -9.33. The number of ether oxygens (including phenoxy) is 2. The van der Waals surface area contributed by atoms with E-state index < -0.39 is 20.8 Å². The van der Waals surface area contributed by atoms with Crippen molar-refractivity contribution in [2.75, 3.05) is 26.4 Å². The standard InChI is InChI=1S/2C24H50O.2Na.2H2O4S.2H/c2*1-3-5-7-9-11-13-15-17-19-21-23-25-24-22-20-18-16-14-12-10-8-6-4-2;;;2*1-5(2,3)4;;/h2*3-24H2,1-2H3;;;2*(H2,1,2,3,4);;/q;;2*+1;;;2*-1. The molecule has 0 aliphatic rings. The van der Waals surface area contributed by atoms with Gasteiger partial charge in [0.05, 0.1) is 0 Å². The first-order chi connectivity index (χ1) is 28.8. The van der Waals surface area contributed by atoms with E-state index in [1.54, 1.807) is 0 Å². The quantitative estimate of drug-likeness (QED) is 0.0262. The van der Waals surface area contributed by atoms with E-state index in [2.05, 4.69) is 27.7 Å². The van der Waals surface area contributed by atoms with Crippen LogP contribution in [0.2, 0.25) is 0 Å². The van der Waals surface area contributed by atoms with Crippen LogP contribution in [0.3, 0.4) is 0 Å². The molecule has 0 bridgehead atoms. The van der Waals surface area contributed by atoms with E-state index in [9.17, 15) is 0 Å². The SMILES string of the molecule is CCCCCCCCCCCCOCCCCCCCCCCCC.CCCCCCCCCCCCOCCCCCCCCCCCC.O=S(=O)(O)O.O=S(=O)(O)O.[H-].[H-].[Na+].[Na+]. The number of hydrogen-bond donors (Lipinski definition) is 4. The van der Waals surface area contributed by atoms with E-state index in [-0.39, 0.29) is 62.0 Å². The average molecular weight is 953 g/mol. The van der Waals surface area contributed by atoms with Crippen LogP contribution in [0.15, 0.2) is 0 Å². The zero-order valence-electron chi connectivity index (χ0n) is 44.2. The summed E-state index contributed by atoms with van der Waals surface area (Å²) in [6, 6.07) is 0. The van der Waals surface area contributed by atoms with Gasteiger partial charge >= 0.3 is 79.9 Å². The van der Waals surface area contributed by atoms with Gasteiger partial charge in [0.15, 0.2) is 0 Å². The van der Waals surface area contributed by atoms with E-state index in [0.717, 1.165) is 26.4 Å². The molecule has 0 aliphatic heterocycles. The minimum absolute atomic E-state index is 0. The predicted octanol–water partition coefficient (Wildman–Crippen LogP) is 10.6. The Morgan fingerprint density at radius 3 is 0.468 bits per heavy atom. The molecule has 4 N–H and O–H groups in total. The van der Waals surface area contributed by atoms with Crippen LogP contribution in [0.25, 0.3) is 0 Å². The summed E-state index contributed by atoms with van der Waals surface area (Å²) in [5.74, 6) is 0. The summed E-state index contributed by atoms with van der Waals surface area (Å²) in [5.41, 5.74) is 0. The average Bonchev–Trinajstić information content (AvgIpc) is 3.18. The van der Waals surface area contributed by atoms with Crippen LogP contribution in [0.1, 0.15) is 287 Å². The Hall–Kier alpha value is 1.66. The van der Waals surface area contributed by atoms with Crippen molar-refractivity contribution in [1.82, 2.24) is 0 Å². The van der Waals surface area contributed by atoms with E-state index in [4.69, 9.17) is 44.5 Å². The fourth-order valence-corrected chi connectivity index (χ4v) is 6.97. The van der Waals surface area contributed by atoms with Crippen LogP contribution in [0.4, 0.5) is 0 Å². The molecule has 0 unspecified atom stereocenters. The number of hydrogen-bond acceptors (Lipinski definition) is 6. The van der Waals surface area contributed by atoms with E-state index in [1.807, 2.05) is 0 Å². The molecule has 0 rings (SSSR count). The van der Waals surface area contributed by atoms with Crippen molar-refractivity contribution < 1.29 is 106 Å². The van der Waals surface area contributed by atoms with E-state index >= 15 is 0 Å². The largest absolute Gasteiger partial charge is 1.00 e. The smallest absolute Gasteiger partial charge is 1.00 e. The summed E-state index contributed by atoms with van der Waals surface area (Å²) in [5, 5.41) is 0. The van der Waals surface area contributed by atoms with Gasteiger partial charge in [-0.15, -0.1) is 0 Å². The van der Waals surface area contributed by atoms with Gasteiger partial charge in [-0.2, -0.15) is 16.8 Å². The maximum atomic E-state index is 8.74. The van der Waals surface area contributed by atoms with Gasteiger partial charge in [0, 0.05) is 26.4 Å². The van der Waals surface area contributed by atoms with Gasteiger partial charge in [-0.05, 0) is 25.7 Å². The molecule has 0 aliphatic carbocycles. The summed E-state index contributed by atoms with van der Waals surface area (Å²) in [6.45, 7) is 13.1. The molecule has 0 aromatic carbocycles. The molecule has 0 amide bonds. The van der Waals surface area contributed by atoms with Gasteiger partial charge in [0.25, 0.3) is 0 Å². The topological polar surface area (TPSA) is 168 Å². The van der Waals surface area contributed by atoms with Crippen molar-refractivity contribution in [3.05, 3.63) is 0 Å². The minimum Gasteiger partial charge on any atom is -1.00 e. The van der Waals surface area contributed by atoms with Crippen LogP contribution < -0.4 is 59.1 Å². The molecule has 62 heavy (non-hydrogen) atoms. The molecule has 0 fully saturated rings. The third kappa shape index (κ3) is 109. The molecule has 0 saturated heterocycles. The summed E-state index contributed by atoms with van der Waals surface area (Å²) < 4.78 is 74.7. The third-order valence-corrected chi connectivity index (χ3v) is 10.6. The Kier molecular flexibility index (Phi) is 81.2. The first-order valence-electron chi connectivity index (χ1n) is 25.4. The first kappa shape index (κ1) is 75.2. The monoisotopic (exact) mass is 953 g/mol. The van der Waals surface area contributed by atoms with Crippen LogP contribution in [0, 0.1) is 0 Å². The molecule has 0 saturated carbocycles. The Bertz CT molecular complexity index is 838. The van der Waals surface area contributed by atoms with Crippen molar-refractivity contribution in [3.63, 3.8) is 0 Å². The second-order valence-electron chi connectivity index (χ2n) is 16.8. The van der Waals surface area contributed by atoms with Gasteiger partial charge in [0.2, 0.25) is 0 Å². The van der Waals surface area contributed by atoms with Gasteiger partial charge in [-0.25, -0.2) is 0 Å². The zero-order valence-corrected chi connectivity index (χ0v) is 47.8. The van der Waals surface area contributed by atoms with Gasteiger partial charge < -0.3 is 12.3 Å². The van der Waals surface area contributed by atoms with Crippen molar-refractivity contribution in [2.24, 2.45) is 0 Å². The Morgan fingerprint density at radius 1 is 0.258 bits per heavy atom. The van der Waals surface area contributed by atoms with Crippen molar-refractivity contribution in [3.8, 4) is 0 Å². The number of unbranched alkanes of at least 4 members (excludes halogenated alkanes) is 36. The molecular weight excluding hydrogens is 847 g/mol. The molecule has 14 heteroatoms. The normalized spacial score (nSPS) is 11.0. The Balaban J connectivity index is -0.000000128. The summed E-state index contributed by atoms with van der Waals surface area (Å²) in [6.07, 6.45) is 56.3. The fraction of sp³-hybridized carbons (Fsp3) is 1.00. The molecular formula is C48H106Na2O10S2. The maximum Gasteiger partial charge on any atom is 1.00 e. The second kappa shape index (κ2) is 66.9. The van der Waals surface area contributed by atoms with Crippen molar-refractivity contribution in [2.45, 2.75) is 285 Å². The fourth-order valence-electron chi connectivity index (χ4n) is 6.97. The Morgan fingerprint density at radius 2 is 0.355 bits per heavy atom. The van der Waals surface area contributed by atoms with Gasteiger partial charge in [0.1, 0.15) is 0 Å². The van der Waals surface area contributed by atoms with Crippen molar-refractivity contribution in [1.29, 1.82) is 0 Å². The van der Waals surface area contributed by atoms with E-state index in [1.165, 1.54) is 257 Å². The molecule has 0 spiro atoms. The molecule has 0 heterocycles. The first-order valence-corrected chi connectivity index (χ1v) is 28.2. The maximum absolute atomic E-state index is 8.74. The van der Waals surface area contributed by atoms with Gasteiger partial charge in [-0.1, -0.05) is 259 Å². The Labute approximate surface area is 434 Å². The van der Waals surface area contributed by atoms with E-state index in [0.29, 0.717) is 0 Å². The second-order valence-corrected chi connectivity index (χ2v) is 18.6. The van der Waals surface area contributed by atoms with Crippen molar-refractivity contribution >= 4 is 20.8 Å². The van der Waals surface area contributed by atoms with Crippen LogP contribution in [-0.4, -0.2) is 61.5 Å². The molecule has 0 radical (unpaired) electrons. The molecule has 0 aromatic rings. The molecule has 10 nitrogen and oxygen atoms in total. The van der Waals surface area contributed by atoms with Crippen LogP contribution in [0.5, 0.6) is 0 Å². The number of rotatable bonds is 44.